The van der Waals surface area contributed by atoms with Crippen LogP contribution in [0.1, 0.15) is 24.5 Å². The van der Waals surface area contributed by atoms with E-state index in [0.717, 1.165) is 17.7 Å². The molecular formula is C24H21NS. The summed E-state index contributed by atoms with van der Waals surface area (Å²) in [5.41, 5.74) is 6.03. The van der Waals surface area contributed by atoms with Crippen molar-refractivity contribution in [3.05, 3.63) is 102 Å². The molecule has 1 aromatic rings. The summed E-state index contributed by atoms with van der Waals surface area (Å²) in [7, 11) is 0. The maximum atomic E-state index is 4.83. The zero-order chi connectivity index (χ0) is 17.8. The van der Waals surface area contributed by atoms with Crippen LogP contribution in [-0.2, 0) is 0 Å². The molecule has 1 unspecified atom stereocenters. The van der Waals surface area contributed by atoms with Crippen molar-refractivity contribution in [1.82, 2.24) is 0 Å². The van der Waals surface area contributed by atoms with Crippen LogP contribution in [-0.4, -0.2) is 11.5 Å². The van der Waals surface area contributed by atoms with Gasteiger partial charge in [0.25, 0.3) is 0 Å². The molecule has 0 spiro atoms. The fraction of sp³-hybridized carbons (Fsp3) is 0.125. The van der Waals surface area contributed by atoms with Gasteiger partial charge in [-0.3, -0.25) is 4.99 Å². The standard InChI is InChI=1S/C24H21NS/c1-2-3-4-10-18-11-7-8-16-25-23(18)22-15-9-14-21-19-12-5-6-13-20(17-19)26-24(21)22/h2-7,9-17,20H,8H2,1H3/b3-2-,10-4-. The highest BCUT2D eigenvalue weighted by atomic mass is 32.2. The maximum Gasteiger partial charge on any atom is 0.0781 e. The summed E-state index contributed by atoms with van der Waals surface area (Å²) in [6.07, 6.45) is 26.6. The summed E-state index contributed by atoms with van der Waals surface area (Å²) in [6.45, 7) is 2.03. The summed E-state index contributed by atoms with van der Waals surface area (Å²) < 4.78 is 0. The predicted molar refractivity (Wildman–Crippen MR) is 115 cm³/mol. The van der Waals surface area contributed by atoms with Gasteiger partial charge in [-0.2, -0.15) is 0 Å². The Balaban J connectivity index is 1.88. The number of rotatable bonds is 3. The van der Waals surface area contributed by atoms with Crippen molar-refractivity contribution in [3.63, 3.8) is 0 Å². The van der Waals surface area contributed by atoms with E-state index in [4.69, 9.17) is 4.99 Å². The number of hydrogen-bond donors (Lipinski definition) is 0. The summed E-state index contributed by atoms with van der Waals surface area (Å²) >= 11 is 1.91. The zero-order valence-electron chi connectivity index (χ0n) is 14.8. The van der Waals surface area contributed by atoms with Gasteiger partial charge in [0.05, 0.1) is 5.70 Å². The van der Waals surface area contributed by atoms with Crippen LogP contribution in [0, 0.1) is 0 Å². The molecule has 0 saturated carbocycles. The molecule has 1 aromatic carbocycles. The number of fused-ring (bicyclic) bond motifs is 3. The van der Waals surface area contributed by atoms with Crippen LogP contribution in [0.15, 0.2) is 100 Å². The Kier molecular flexibility index (Phi) is 5.03. The first kappa shape index (κ1) is 16.9. The van der Waals surface area contributed by atoms with Crippen LogP contribution >= 0.6 is 11.8 Å². The molecule has 2 bridgehead atoms. The molecule has 0 amide bonds. The number of hydrogen-bond acceptors (Lipinski definition) is 2. The van der Waals surface area contributed by atoms with Gasteiger partial charge in [0.15, 0.2) is 0 Å². The van der Waals surface area contributed by atoms with Gasteiger partial charge in [-0.15, -0.1) is 11.8 Å². The van der Waals surface area contributed by atoms with Gasteiger partial charge in [0.2, 0.25) is 0 Å². The molecular weight excluding hydrogens is 334 g/mol. The minimum atomic E-state index is 0.376. The molecule has 4 rings (SSSR count). The molecule has 2 heteroatoms. The van der Waals surface area contributed by atoms with Crippen LogP contribution < -0.4 is 0 Å². The van der Waals surface area contributed by atoms with Gasteiger partial charge in [-0.05, 0) is 18.1 Å². The Morgan fingerprint density at radius 2 is 2.04 bits per heavy atom. The quantitative estimate of drug-likeness (QED) is 0.560. The molecule has 0 fully saturated rings. The van der Waals surface area contributed by atoms with E-state index in [9.17, 15) is 0 Å². The lowest BCUT2D eigenvalue weighted by atomic mass is 9.98. The Bertz CT molecular complexity index is 948. The van der Waals surface area contributed by atoms with E-state index in [-0.39, 0.29) is 0 Å². The summed E-state index contributed by atoms with van der Waals surface area (Å²) in [5.74, 6) is 0. The Morgan fingerprint density at radius 1 is 1.12 bits per heavy atom. The molecule has 1 atom stereocenters. The number of thioether (sulfide) groups is 1. The minimum Gasteiger partial charge on any atom is -0.260 e. The van der Waals surface area contributed by atoms with Crippen LogP contribution in [0.25, 0.3) is 11.3 Å². The van der Waals surface area contributed by atoms with Gasteiger partial charge < -0.3 is 0 Å². The molecule has 0 saturated heterocycles. The average molecular weight is 356 g/mol. The highest BCUT2D eigenvalue weighted by molar-refractivity contribution is 8.00. The third-order valence-electron chi connectivity index (χ3n) is 4.48. The van der Waals surface area contributed by atoms with Crippen molar-refractivity contribution in [2.45, 2.75) is 23.5 Å². The first-order valence-electron chi connectivity index (χ1n) is 8.96. The average Bonchev–Trinajstić information content (AvgIpc) is 3.01. The third-order valence-corrected chi connectivity index (χ3v) is 5.72. The largest absolute Gasteiger partial charge is 0.260 e. The number of benzene rings is 1. The zero-order valence-corrected chi connectivity index (χ0v) is 15.6. The molecule has 0 N–H and O–H groups in total. The molecule has 0 radical (unpaired) electrons. The highest BCUT2D eigenvalue weighted by Gasteiger charge is 2.23. The minimum absolute atomic E-state index is 0.376. The van der Waals surface area contributed by atoms with Gasteiger partial charge in [-0.25, -0.2) is 0 Å². The normalized spacial score (nSPS) is 21.3. The monoisotopic (exact) mass is 355 g/mol. The van der Waals surface area contributed by atoms with Crippen molar-refractivity contribution in [3.8, 4) is 0 Å². The van der Waals surface area contributed by atoms with Crippen LogP contribution in [0.3, 0.4) is 0 Å². The predicted octanol–water partition coefficient (Wildman–Crippen LogP) is 6.54. The number of allylic oxidation sites excluding steroid dienone is 11. The topological polar surface area (TPSA) is 12.4 Å². The Labute approximate surface area is 159 Å². The maximum absolute atomic E-state index is 4.83. The van der Waals surface area contributed by atoms with Gasteiger partial charge >= 0.3 is 0 Å². The number of aliphatic imine (C=N–C) groups is 1. The van der Waals surface area contributed by atoms with Gasteiger partial charge in [-0.1, -0.05) is 85.0 Å². The van der Waals surface area contributed by atoms with Crippen molar-refractivity contribution >= 4 is 29.2 Å². The Hall–Kier alpha value is -2.58. The summed E-state index contributed by atoms with van der Waals surface area (Å²) in [5, 5.41) is 0.376. The molecule has 26 heavy (non-hydrogen) atoms. The molecule has 3 aliphatic rings. The van der Waals surface area contributed by atoms with Crippen molar-refractivity contribution in [2.24, 2.45) is 4.99 Å². The second-order valence-corrected chi connectivity index (χ2v) is 7.46. The second-order valence-electron chi connectivity index (χ2n) is 6.27. The molecule has 2 heterocycles. The lowest BCUT2D eigenvalue weighted by Gasteiger charge is -2.23. The lowest BCUT2D eigenvalue weighted by molar-refractivity contribution is 1.27. The third kappa shape index (κ3) is 3.38. The number of nitrogens with zero attached hydrogens (tertiary/aromatic N) is 1. The molecule has 0 aromatic heterocycles. The van der Waals surface area contributed by atoms with Crippen LogP contribution in [0.2, 0.25) is 0 Å². The Morgan fingerprint density at radius 3 is 2.96 bits per heavy atom. The molecule has 1 nitrogen and oxygen atoms in total. The van der Waals surface area contributed by atoms with E-state index in [1.807, 2.05) is 31.0 Å². The first-order chi connectivity index (χ1) is 12.9. The SMILES string of the molecule is C/C=C\C=C/C1=C(c2cccc3c2SC2C=CC=CC3=C2)N=CCC=C1. The van der Waals surface area contributed by atoms with Crippen molar-refractivity contribution in [2.75, 3.05) is 0 Å². The fourth-order valence-electron chi connectivity index (χ4n) is 3.27. The fourth-order valence-corrected chi connectivity index (χ4v) is 4.53. The van der Waals surface area contributed by atoms with Crippen molar-refractivity contribution in [1.29, 1.82) is 0 Å². The van der Waals surface area contributed by atoms with Crippen LogP contribution in [0.5, 0.6) is 0 Å². The van der Waals surface area contributed by atoms with E-state index in [2.05, 4.69) is 79.0 Å². The van der Waals surface area contributed by atoms with E-state index >= 15 is 0 Å². The van der Waals surface area contributed by atoms with E-state index in [1.165, 1.54) is 21.6 Å². The van der Waals surface area contributed by atoms with E-state index in [1.54, 1.807) is 0 Å². The highest BCUT2D eigenvalue weighted by Crippen LogP contribution is 2.44. The molecule has 2 aliphatic heterocycles. The van der Waals surface area contributed by atoms with Gasteiger partial charge in [0.1, 0.15) is 0 Å². The van der Waals surface area contributed by atoms with Crippen molar-refractivity contribution < 1.29 is 0 Å². The van der Waals surface area contributed by atoms with E-state index < -0.39 is 0 Å². The summed E-state index contributed by atoms with van der Waals surface area (Å²) in [6, 6.07) is 6.56. The first-order valence-corrected chi connectivity index (χ1v) is 9.84. The summed E-state index contributed by atoms with van der Waals surface area (Å²) in [4.78, 5) is 6.15. The second kappa shape index (κ2) is 7.76. The van der Waals surface area contributed by atoms with E-state index in [0.29, 0.717) is 5.25 Å². The van der Waals surface area contributed by atoms with Crippen LogP contribution in [0.4, 0.5) is 0 Å². The smallest absolute Gasteiger partial charge is 0.0781 e. The lowest BCUT2D eigenvalue weighted by Crippen LogP contribution is -2.04. The molecule has 128 valence electrons. The molecule has 1 aliphatic carbocycles. The van der Waals surface area contributed by atoms with Gasteiger partial charge in [0, 0.05) is 33.9 Å².